The van der Waals surface area contributed by atoms with E-state index in [0.29, 0.717) is 35.6 Å². The Morgan fingerprint density at radius 3 is 2.39 bits per heavy atom. The van der Waals surface area contributed by atoms with Gasteiger partial charge < -0.3 is 14.9 Å². The van der Waals surface area contributed by atoms with Crippen molar-refractivity contribution >= 4 is 33.3 Å². The monoisotopic (exact) mass is 540 g/mol. The van der Waals surface area contributed by atoms with Gasteiger partial charge in [0, 0.05) is 0 Å². The highest BCUT2D eigenvalue weighted by molar-refractivity contribution is 7.92. The van der Waals surface area contributed by atoms with Gasteiger partial charge >= 0.3 is 5.97 Å². The van der Waals surface area contributed by atoms with E-state index in [0.717, 1.165) is 18.4 Å². The van der Waals surface area contributed by atoms with E-state index in [2.05, 4.69) is 20.2 Å². The van der Waals surface area contributed by atoms with Crippen LogP contribution in [0.2, 0.25) is 0 Å². The van der Waals surface area contributed by atoms with E-state index in [4.69, 9.17) is 4.52 Å². The molecule has 0 radical (unpaired) electrons. The fraction of sp³-hybridized carbons (Fsp3) is 0.407. The number of rotatable bonds is 9. The molecule has 3 N–H and O–H groups in total. The van der Waals surface area contributed by atoms with Crippen molar-refractivity contribution in [3.8, 4) is 11.5 Å². The quantitative estimate of drug-likeness (QED) is 0.352. The third-order valence-corrected chi connectivity index (χ3v) is 8.41. The third-order valence-electron chi connectivity index (χ3n) is 6.95. The predicted octanol–water partition coefficient (Wildman–Crippen LogP) is 4.73. The summed E-state index contributed by atoms with van der Waals surface area (Å²) in [6.07, 6.45) is 2.61. The lowest BCUT2D eigenvalue weighted by atomic mass is 9.78. The average Bonchev–Trinajstić information content (AvgIpc) is 3.24. The zero-order chi connectivity index (χ0) is 27.4. The highest BCUT2D eigenvalue weighted by Crippen LogP contribution is 2.34. The second kappa shape index (κ2) is 11.3. The summed E-state index contributed by atoms with van der Waals surface area (Å²) >= 11 is 0. The molecule has 1 saturated carbocycles. The number of nitrogens with zero attached hydrogens (tertiary/aromatic N) is 2. The molecule has 202 valence electrons. The van der Waals surface area contributed by atoms with Gasteiger partial charge in [-0.3, -0.25) is 14.3 Å². The van der Waals surface area contributed by atoms with Crippen molar-refractivity contribution in [2.45, 2.75) is 52.4 Å². The van der Waals surface area contributed by atoms with Gasteiger partial charge in [-0.1, -0.05) is 55.3 Å². The number of aryl methyl sites for hydroxylation is 2. The number of aromatic nitrogens is 2. The van der Waals surface area contributed by atoms with E-state index < -0.39 is 27.8 Å². The number of hydrogen-bond donors (Lipinski definition) is 3. The van der Waals surface area contributed by atoms with Crippen molar-refractivity contribution in [1.82, 2.24) is 10.1 Å². The van der Waals surface area contributed by atoms with Crippen LogP contribution in [0.1, 0.15) is 55.5 Å². The number of pyridine rings is 1. The van der Waals surface area contributed by atoms with Crippen molar-refractivity contribution in [3.63, 3.8) is 0 Å². The van der Waals surface area contributed by atoms with E-state index in [-0.39, 0.29) is 29.0 Å². The summed E-state index contributed by atoms with van der Waals surface area (Å²) in [5.74, 6) is -2.79. The molecule has 10 nitrogen and oxygen atoms in total. The maximum absolute atomic E-state index is 13.0. The molecule has 0 spiro atoms. The zero-order valence-corrected chi connectivity index (χ0v) is 22.4. The molecule has 2 heterocycles. The summed E-state index contributed by atoms with van der Waals surface area (Å²) in [5, 5.41) is 16.2. The number of benzene rings is 1. The number of nitrogens with one attached hydrogen (secondary N) is 2. The molecule has 2 aromatic heterocycles. The number of carboxylic acids is 1. The zero-order valence-electron chi connectivity index (χ0n) is 21.6. The van der Waals surface area contributed by atoms with Crippen molar-refractivity contribution in [2.24, 2.45) is 11.8 Å². The van der Waals surface area contributed by atoms with Crippen molar-refractivity contribution in [3.05, 3.63) is 59.4 Å². The van der Waals surface area contributed by atoms with Gasteiger partial charge in [-0.05, 0) is 50.3 Å². The first-order chi connectivity index (χ1) is 18.1. The van der Waals surface area contributed by atoms with Gasteiger partial charge in [0.25, 0.3) is 0 Å². The highest BCUT2D eigenvalue weighted by Gasteiger charge is 2.36. The fourth-order valence-corrected chi connectivity index (χ4v) is 6.34. The van der Waals surface area contributed by atoms with Crippen molar-refractivity contribution in [2.75, 3.05) is 15.8 Å². The maximum atomic E-state index is 13.0. The molecule has 1 aromatic carbocycles. The molecule has 3 aromatic rings. The Kier molecular flexibility index (Phi) is 8.15. The average molecular weight is 541 g/mol. The first-order valence-corrected chi connectivity index (χ1v) is 14.2. The molecule has 0 saturated heterocycles. The summed E-state index contributed by atoms with van der Waals surface area (Å²) < 4.78 is 34.0. The van der Waals surface area contributed by atoms with Crippen LogP contribution in [0.25, 0.3) is 11.5 Å². The Morgan fingerprint density at radius 2 is 1.74 bits per heavy atom. The van der Waals surface area contributed by atoms with Crippen molar-refractivity contribution in [1.29, 1.82) is 0 Å². The number of carbonyl (C=O) groups excluding carboxylic acids is 1. The van der Waals surface area contributed by atoms with Crippen LogP contribution < -0.4 is 10.0 Å². The van der Waals surface area contributed by atoms with E-state index in [1.807, 2.05) is 37.3 Å². The summed E-state index contributed by atoms with van der Waals surface area (Å²) in [5.41, 5.74) is 2.75. The first kappa shape index (κ1) is 27.3. The second-order valence-corrected chi connectivity index (χ2v) is 11.6. The largest absolute Gasteiger partial charge is 0.481 e. The first-order valence-electron chi connectivity index (χ1n) is 12.6. The van der Waals surface area contributed by atoms with E-state index in [1.54, 1.807) is 26.0 Å². The number of carboxylic acid groups (broad SMARTS) is 1. The number of amides is 1. The van der Waals surface area contributed by atoms with Crippen LogP contribution in [0, 0.1) is 25.7 Å². The molecule has 3 unspecified atom stereocenters. The van der Waals surface area contributed by atoms with Gasteiger partial charge in [0.1, 0.15) is 17.1 Å². The highest BCUT2D eigenvalue weighted by atomic mass is 32.2. The minimum absolute atomic E-state index is 0.128. The Labute approximate surface area is 221 Å². The van der Waals surface area contributed by atoms with Crippen LogP contribution in [0.4, 0.5) is 11.4 Å². The standard InChI is InChI=1S/C27H32N4O6S/c1-16(19-9-5-4-6-10-19)15-38(35,36)31-24-18(3)30-37-25(24)23-14-13-22(17(2)28-23)29-26(32)20-11-7-8-12-21(20)27(33)34/h4-6,9-10,13-14,16,20-21,31H,7-8,11-12,15H2,1-3H3,(H,29,32)(H,33,34). The van der Waals surface area contributed by atoms with Gasteiger partial charge in [-0.2, -0.15) is 0 Å². The number of carbonyl (C=O) groups is 2. The lowest BCUT2D eigenvalue weighted by molar-refractivity contribution is -0.147. The Hall–Kier alpha value is -3.73. The van der Waals surface area contributed by atoms with Crippen LogP contribution in [0.5, 0.6) is 0 Å². The van der Waals surface area contributed by atoms with Gasteiger partial charge in [0.15, 0.2) is 0 Å². The van der Waals surface area contributed by atoms with E-state index in [9.17, 15) is 23.1 Å². The minimum atomic E-state index is -3.75. The molecule has 0 bridgehead atoms. The third kappa shape index (κ3) is 6.21. The molecule has 11 heteroatoms. The normalized spacial score (nSPS) is 18.5. The summed E-state index contributed by atoms with van der Waals surface area (Å²) in [7, 11) is -3.75. The molecular weight excluding hydrogens is 508 g/mol. The molecule has 1 aliphatic carbocycles. The van der Waals surface area contributed by atoms with E-state index >= 15 is 0 Å². The van der Waals surface area contributed by atoms with Gasteiger partial charge in [0.05, 0.1) is 29.0 Å². The minimum Gasteiger partial charge on any atom is -0.481 e. The molecule has 1 fully saturated rings. The Balaban J connectivity index is 1.51. The SMILES string of the molecule is Cc1nc(-c2onc(C)c2NS(=O)(=O)CC(C)c2ccccc2)ccc1NC(=O)C1CCCCC1C(=O)O. The van der Waals surface area contributed by atoms with Crippen molar-refractivity contribution < 1.29 is 27.6 Å². The van der Waals surface area contributed by atoms with Crippen LogP contribution in [0.15, 0.2) is 47.0 Å². The fourth-order valence-electron chi connectivity index (χ4n) is 4.85. The molecule has 1 aliphatic rings. The van der Waals surface area contributed by atoms with Crippen LogP contribution in [-0.2, 0) is 19.6 Å². The molecule has 1 amide bonds. The molecular formula is C27H32N4O6S. The van der Waals surface area contributed by atoms with Crippen LogP contribution in [-0.4, -0.2) is 41.3 Å². The second-order valence-electron chi connectivity index (χ2n) is 9.82. The Morgan fingerprint density at radius 1 is 1.05 bits per heavy atom. The van der Waals surface area contributed by atoms with Gasteiger partial charge in [0.2, 0.25) is 21.7 Å². The maximum Gasteiger partial charge on any atom is 0.307 e. The molecule has 4 rings (SSSR count). The lowest BCUT2D eigenvalue weighted by Crippen LogP contribution is -2.36. The number of aliphatic carboxylic acids is 1. The van der Waals surface area contributed by atoms with Crippen LogP contribution in [0.3, 0.4) is 0 Å². The van der Waals surface area contributed by atoms with E-state index in [1.165, 1.54) is 0 Å². The summed E-state index contributed by atoms with van der Waals surface area (Å²) in [4.78, 5) is 29.0. The molecule has 38 heavy (non-hydrogen) atoms. The number of sulfonamides is 1. The molecule has 0 aliphatic heterocycles. The lowest BCUT2D eigenvalue weighted by Gasteiger charge is -2.27. The van der Waals surface area contributed by atoms with Gasteiger partial charge in [-0.15, -0.1) is 0 Å². The number of anilines is 2. The summed E-state index contributed by atoms with van der Waals surface area (Å²) in [6.45, 7) is 5.18. The topological polar surface area (TPSA) is 151 Å². The summed E-state index contributed by atoms with van der Waals surface area (Å²) in [6, 6.07) is 12.6. The Bertz CT molecular complexity index is 1420. The molecule has 3 atom stereocenters. The van der Waals surface area contributed by atoms with Crippen LogP contribution >= 0.6 is 0 Å². The van der Waals surface area contributed by atoms with Gasteiger partial charge in [-0.25, -0.2) is 13.4 Å². The number of hydrogen-bond acceptors (Lipinski definition) is 7. The smallest absolute Gasteiger partial charge is 0.307 e. The predicted molar refractivity (Wildman–Crippen MR) is 143 cm³/mol.